The third-order valence-electron chi connectivity index (χ3n) is 3.94. The molecule has 8 heteroatoms. The second-order valence-corrected chi connectivity index (χ2v) is 6.17. The monoisotopic (exact) mass is 348 g/mol. The van der Waals surface area contributed by atoms with Crippen LogP contribution in [0.3, 0.4) is 0 Å². The van der Waals surface area contributed by atoms with Crippen LogP contribution in [0.2, 0.25) is 0 Å². The van der Waals surface area contributed by atoms with Crippen molar-refractivity contribution in [1.29, 1.82) is 0 Å². The van der Waals surface area contributed by atoms with Gasteiger partial charge in [-0.25, -0.2) is 4.98 Å². The third-order valence-corrected chi connectivity index (χ3v) is 4.62. The summed E-state index contributed by atoms with van der Waals surface area (Å²) in [4.78, 5) is 18.8. The summed E-state index contributed by atoms with van der Waals surface area (Å²) in [5, 5.41) is 3.88. The average molecular weight is 348 g/mol. The van der Waals surface area contributed by atoms with E-state index in [2.05, 4.69) is 14.7 Å². The number of ether oxygens (including phenoxy) is 2. The number of methoxy groups -OCH3 is 2. The summed E-state index contributed by atoms with van der Waals surface area (Å²) >= 11 is 1.29. The lowest BCUT2D eigenvalue weighted by Gasteiger charge is -2.18. The predicted molar refractivity (Wildman–Crippen MR) is 93.2 cm³/mol. The normalized spacial score (nSPS) is 17.2. The molecule has 1 fully saturated rings. The maximum atomic E-state index is 12.7. The molecule has 128 valence electrons. The van der Waals surface area contributed by atoms with Crippen LogP contribution in [0.4, 0.5) is 10.8 Å². The molecular formula is C16H20N4O3S. The van der Waals surface area contributed by atoms with Gasteiger partial charge in [0.2, 0.25) is 11.0 Å². The highest BCUT2D eigenvalue weighted by Crippen LogP contribution is 2.31. The highest BCUT2D eigenvalue weighted by molar-refractivity contribution is 7.09. The van der Waals surface area contributed by atoms with Gasteiger partial charge in [-0.05, 0) is 6.42 Å². The Labute approximate surface area is 144 Å². The van der Waals surface area contributed by atoms with Gasteiger partial charge in [0.25, 0.3) is 0 Å². The SMILES string of the molecule is CCc1nsc(N[C@H]2CCN(c3cc(OC)cc(OC)c3)C2=O)n1. The number of amides is 1. The van der Waals surface area contributed by atoms with E-state index in [1.807, 2.05) is 19.1 Å². The van der Waals surface area contributed by atoms with Crippen molar-refractivity contribution >= 4 is 28.3 Å². The van der Waals surface area contributed by atoms with Crippen LogP contribution in [0.5, 0.6) is 11.5 Å². The van der Waals surface area contributed by atoms with Crippen LogP contribution in [-0.2, 0) is 11.2 Å². The number of hydrogen-bond donors (Lipinski definition) is 1. The van der Waals surface area contributed by atoms with E-state index in [0.717, 1.165) is 17.9 Å². The number of aryl methyl sites for hydroxylation is 1. The first-order valence-corrected chi connectivity index (χ1v) is 8.55. The van der Waals surface area contributed by atoms with Gasteiger partial charge >= 0.3 is 0 Å². The van der Waals surface area contributed by atoms with Gasteiger partial charge in [0.15, 0.2) is 0 Å². The van der Waals surface area contributed by atoms with Crippen molar-refractivity contribution in [3.8, 4) is 11.5 Å². The maximum Gasteiger partial charge on any atom is 0.249 e. The Bertz CT molecular complexity index is 712. The second kappa shape index (κ2) is 7.04. The van der Waals surface area contributed by atoms with E-state index in [1.165, 1.54) is 11.5 Å². The molecule has 0 bridgehead atoms. The van der Waals surface area contributed by atoms with E-state index in [-0.39, 0.29) is 11.9 Å². The zero-order valence-electron chi connectivity index (χ0n) is 13.9. The van der Waals surface area contributed by atoms with E-state index in [4.69, 9.17) is 9.47 Å². The minimum Gasteiger partial charge on any atom is -0.497 e. The van der Waals surface area contributed by atoms with Crippen LogP contribution >= 0.6 is 11.5 Å². The Morgan fingerprint density at radius 2 is 2.00 bits per heavy atom. The number of aromatic nitrogens is 2. The van der Waals surface area contributed by atoms with Crippen LogP contribution in [-0.4, -0.2) is 42.1 Å². The van der Waals surface area contributed by atoms with Crippen molar-refractivity contribution in [1.82, 2.24) is 9.36 Å². The Morgan fingerprint density at radius 1 is 1.29 bits per heavy atom. The lowest BCUT2D eigenvalue weighted by Crippen LogP contribution is -2.33. The smallest absolute Gasteiger partial charge is 0.249 e. The van der Waals surface area contributed by atoms with Gasteiger partial charge < -0.3 is 19.7 Å². The van der Waals surface area contributed by atoms with E-state index in [1.54, 1.807) is 25.2 Å². The zero-order valence-corrected chi connectivity index (χ0v) is 14.7. The number of carbonyl (C=O) groups excluding carboxylic acids is 1. The van der Waals surface area contributed by atoms with Crippen LogP contribution in [0.1, 0.15) is 19.2 Å². The van der Waals surface area contributed by atoms with Crippen molar-refractivity contribution in [2.45, 2.75) is 25.8 Å². The second-order valence-electron chi connectivity index (χ2n) is 5.42. The fraction of sp³-hybridized carbons (Fsp3) is 0.438. The Kier molecular flexibility index (Phi) is 4.84. The first kappa shape index (κ1) is 16.5. The Morgan fingerprint density at radius 3 is 2.58 bits per heavy atom. The molecule has 1 N–H and O–H groups in total. The van der Waals surface area contributed by atoms with Crippen LogP contribution in [0, 0.1) is 0 Å². The molecule has 1 aromatic heterocycles. The summed E-state index contributed by atoms with van der Waals surface area (Å²) < 4.78 is 14.8. The van der Waals surface area contributed by atoms with Gasteiger partial charge in [-0.3, -0.25) is 4.79 Å². The molecule has 1 atom stereocenters. The summed E-state index contributed by atoms with van der Waals surface area (Å²) in [7, 11) is 3.19. The van der Waals surface area contributed by atoms with Crippen LogP contribution in [0.15, 0.2) is 18.2 Å². The van der Waals surface area contributed by atoms with Crippen molar-refractivity contribution in [3.63, 3.8) is 0 Å². The number of carbonyl (C=O) groups is 1. The van der Waals surface area contributed by atoms with Gasteiger partial charge in [0.1, 0.15) is 23.4 Å². The van der Waals surface area contributed by atoms with Crippen LogP contribution < -0.4 is 19.7 Å². The van der Waals surface area contributed by atoms with E-state index in [9.17, 15) is 4.79 Å². The molecule has 0 spiro atoms. The number of nitrogens with zero attached hydrogens (tertiary/aromatic N) is 3. The molecule has 1 amide bonds. The van der Waals surface area contributed by atoms with Crippen molar-refractivity contribution in [3.05, 3.63) is 24.0 Å². The molecule has 0 saturated carbocycles. The van der Waals surface area contributed by atoms with Crippen molar-refractivity contribution in [2.75, 3.05) is 31.0 Å². The molecular weight excluding hydrogens is 328 g/mol. The first-order chi connectivity index (χ1) is 11.6. The molecule has 3 rings (SSSR count). The summed E-state index contributed by atoms with van der Waals surface area (Å²) in [5.41, 5.74) is 0.770. The fourth-order valence-corrected chi connectivity index (χ4v) is 3.33. The molecule has 7 nitrogen and oxygen atoms in total. The molecule has 1 saturated heterocycles. The van der Waals surface area contributed by atoms with E-state index >= 15 is 0 Å². The Hall–Kier alpha value is -2.35. The van der Waals surface area contributed by atoms with E-state index < -0.39 is 0 Å². The van der Waals surface area contributed by atoms with Gasteiger partial charge in [0.05, 0.1) is 19.9 Å². The summed E-state index contributed by atoms with van der Waals surface area (Å²) in [6.07, 6.45) is 1.49. The molecule has 1 aromatic carbocycles. The fourth-order valence-electron chi connectivity index (χ4n) is 2.62. The first-order valence-electron chi connectivity index (χ1n) is 7.78. The van der Waals surface area contributed by atoms with Crippen LogP contribution in [0.25, 0.3) is 0 Å². The third kappa shape index (κ3) is 3.28. The molecule has 0 aliphatic carbocycles. The highest BCUT2D eigenvalue weighted by Gasteiger charge is 2.33. The average Bonchev–Trinajstić information content (AvgIpc) is 3.22. The highest BCUT2D eigenvalue weighted by atomic mass is 32.1. The van der Waals surface area contributed by atoms with Crippen molar-refractivity contribution < 1.29 is 14.3 Å². The maximum absolute atomic E-state index is 12.7. The topological polar surface area (TPSA) is 76.6 Å². The lowest BCUT2D eigenvalue weighted by molar-refractivity contribution is -0.117. The summed E-state index contributed by atoms with van der Waals surface area (Å²) in [6.45, 7) is 2.64. The van der Waals surface area contributed by atoms with Gasteiger partial charge in [0, 0.05) is 42.7 Å². The molecule has 2 aromatic rings. The minimum atomic E-state index is -0.292. The Balaban J connectivity index is 1.76. The van der Waals surface area contributed by atoms with E-state index in [0.29, 0.717) is 29.6 Å². The number of benzene rings is 1. The zero-order chi connectivity index (χ0) is 17.1. The standard InChI is InChI=1S/C16H20N4O3S/c1-4-14-18-16(24-19-14)17-13-5-6-20(15(13)21)10-7-11(22-2)9-12(8-10)23-3/h7-9,13H,4-6H2,1-3H3,(H,17,18,19)/t13-/m0/s1. The molecule has 0 radical (unpaired) electrons. The number of rotatable bonds is 6. The quantitative estimate of drug-likeness (QED) is 0.863. The van der Waals surface area contributed by atoms with Gasteiger partial charge in [-0.1, -0.05) is 6.92 Å². The largest absolute Gasteiger partial charge is 0.497 e. The van der Waals surface area contributed by atoms with Gasteiger partial charge in [-0.15, -0.1) is 0 Å². The molecule has 2 heterocycles. The molecule has 1 aliphatic heterocycles. The molecule has 0 unspecified atom stereocenters. The lowest BCUT2D eigenvalue weighted by atomic mass is 10.2. The number of nitrogens with one attached hydrogen (secondary N) is 1. The van der Waals surface area contributed by atoms with Crippen molar-refractivity contribution in [2.24, 2.45) is 0 Å². The minimum absolute atomic E-state index is 0.0126. The predicted octanol–water partition coefficient (Wildman–Crippen LogP) is 2.34. The summed E-state index contributed by atoms with van der Waals surface area (Å²) in [5.74, 6) is 2.12. The van der Waals surface area contributed by atoms with Gasteiger partial charge in [-0.2, -0.15) is 4.37 Å². The number of anilines is 2. The molecule has 1 aliphatic rings. The molecule has 24 heavy (non-hydrogen) atoms. The number of hydrogen-bond acceptors (Lipinski definition) is 7. The summed E-state index contributed by atoms with van der Waals surface area (Å²) in [6, 6.07) is 5.17.